The van der Waals surface area contributed by atoms with Gasteiger partial charge in [-0.3, -0.25) is 0 Å². The molecule has 0 radical (unpaired) electrons. The van der Waals surface area contributed by atoms with Gasteiger partial charge in [-0.25, -0.2) is 0 Å². The first-order valence-corrected chi connectivity index (χ1v) is 8.01. The second kappa shape index (κ2) is 6.06. The molecule has 1 aromatic rings. The minimum Gasteiger partial charge on any atom is -0.490 e. The summed E-state index contributed by atoms with van der Waals surface area (Å²) in [6.45, 7) is 2.30. The summed E-state index contributed by atoms with van der Waals surface area (Å²) in [6.07, 6.45) is 4.82. The van der Waals surface area contributed by atoms with Crippen molar-refractivity contribution in [3.8, 4) is 11.5 Å². The summed E-state index contributed by atoms with van der Waals surface area (Å²) in [7, 11) is 0. The number of hydrogen-bond donors (Lipinski definition) is 1. The highest BCUT2D eigenvalue weighted by Gasteiger charge is 2.27. The molecule has 1 saturated carbocycles. The molecular weight excluding hydrogens is 258 g/mol. The van der Waals surface area contributed by atoms with Crippen molar-refractivity contribution in [1.29, 1.82) is 0 Å². The minimum atomic E-state index is 0.662. The summed E-state index contributed by atoms with van der Waals surface area (Å²) >= 11 is 1.95. The van der Waals surface area contributed by atoms with Crippen molar-refractivity contribution in [2.45, 2.75) is 35.8 Å². The lowest BCUT2D eigenvalue weighted by atomic mass is 10.1. The summed E-state index contributed by atoms with van der Waals surface area (Å²) in [5.74, 6) is 2.44. The molecule has 3 nitrogen and oxygen atoms in total. The molecule has 0 spiro atoms. The Labute approximate surface area is 118 Å². The van der Waals surface area contributed by atoms with E-state index in [1.165, 1.54) is 24.2 Å². The van der Waals surface area contributed by atoms with Crippen LogP contribution in [0.5, 0.6) is 11.5 Å². The van der Waals surface area contributed by atoms with Crippen LogP contribution in [0.25, 0.3) is 0 Å². The van der Waals surface area contributed by atoms with E-state index in [1.54, 1.807) is 0 Å². The number of fused-ring (bicyclic) bond motifs is 1. The highest BCUT2D eigenvalue weighted by Crippen LogP contribution is 2.41. The Hall–Kier alpha value is -0.870. The standard InChI is InChI=1S/C15H21NO2S/c16-10-11-3-1-4-15(11)19-12-5-6-13-14(9-12)18-8-2-7-17-13/h5-6,9,11,15H,1-4,7-8,10,16H2. The van der Waals surface area contributed by atoms with E-state index in [0.717, 1.165) is 37.7 Å². The average Bonchev–Trinajstić information content (AvgIpc) is 2.74. The third-order valence-corrected chi connectivity index (χ3v) is 5.35. The van der Waals surface area contributed by atoms with Crippen LogP contribution in [0.15, 0.2) is 23.1 Å². The van der Waals surface area contributed by atoms with Gasteiger partial charge in [-0.05, 0) is 43.5 Å². The van der Waals surface area contributed by atoms with Gasteiger partial charge in [-0.2, -0.15) is 0 Å². The van der Waals surface area contributed by atoms with Gasteiger partial charge in [0, 0.05) is 16.6 Å². The molecule has 1 heterocycles. The third-order valence-electron chi connectivity index (χ3n) is 3.90. The van der Waals surface area contributed by atoms with Crippen LogP contribution in [0.1, 0.15) is 25.7 Å². The average molecular weight is 279 g/mol. The smallest absolute Gasteiger partial charge is 0.162 e. The SMILES string of the molecule is NCC1CCCC1Sc1ccc2c(c1)OCCCO2. The van der Waals surface area contributed by atoms with Gasteiger partial charge in [0.1, 0.15) is 0 Å². The molecule has 1 aliphatic carbocycles. The molecule has 1 aliphatic heterocycles. The fraction of sp³-hybridized carbons (Fsp3) is 0.600. The maximum atomic E-state index is 5.85. The van der Waals surface area contributed by atoms with Crippen molar-refractivity contribution < 1.29 is 9.47 Å². The lowest BCUT2D eigenvalue weighted by Crippen LogP contribution is -2.20. The highest BCUT2D eigenvalue weighted by atomic mass is 32.2. The maximum Gasteiger partial charge on any atom is 0.162 e. The van der Waals surface area contributed by atoms with E-state index >= 15 is 0 Å². The lowest BCUT2D eigenvalue weighted by molar-refractivity contribution is 0.297. The lowest BCUT2D eigenvalue weighted by Gasteiger charge is -2.18. The quantitative estimate of drug-likeness (QED) is 0.923. The summed E-state index contributed by atoms with van der Waals surface area (Å²) in [6, 6.07) is 6.30. The largest absolute Gasteiger partial charge is 0.490 e. The zero-order valence-electron chi connectivity index (χ0n) is 11.1. The van der Waals surface area contributed by atoms with E-state index in [4.69, 9.17) is 15.2 Å². The molecule has 0 saturated heterocycles. The first-order chi connectivity index (χ1) is 9.36. The number of nitrogens with two attached hydrogens (primary N) is 1. The van der Waals surface area contributed by atoms with Crippen molar-refractivity contribution in [3.63, 3.8) is 0 Å². The van der Waals surface area contributed by atoms with Crippen LogP contribution in [0.4, 0.5) is 0 Å². The van der Waals surface area contributed by atoms with Gasteiger partial charge in [-0.1, -0.05) is 6.42 Å². The van der Waals surface area contributed by atoms with Crippen molar-refractivity contribution in [3.05, 3.63) is 18.2 Å². The van der Waals surface area contributed by atoms with Gasteiger partial charge < -0.3 is 15.2 Å². The fourth-order valence-electron chi connectivity index (χ4n) is 2.82. The minimum absolute atomic E-state index is 0.662. The molecule has 4 heteroatoms. The van der Waals surface area contributed by atoms with E-state index in [-0.39, 0.29) is 0 Å². The Balaban J connectivity index is 1.73. The molecule has 1 aromatic carbocycles. The van der Waals surface area contributed by atoms with Crippen molar-refractivity contribution in [1.82, 2.24) is 0 Å². The summed E-state index contributed by atoms with van der Waals surface area (Å²) in [4.78, 5) is 1.27. The molecule has 2 atom stereocenters. The molecule has 2 N–H and O–H groups in total. The predicted molar refractivity (Wildman–Crippen MR) is 78.1 cm³/mol. The molecule has 3 rings (SSSR count). The van der Waals surface area contributed by atoms with E-state index in [2.05, 4.69) is 12.1 Å². The zero-order chi connectivity index (χ0) is 13.1. The van der Waals surface area contributed by atoms with Gasteiger partial charge in [0.15, 0.2) is 11.5 Å². The summed E-state index contributed by atoms with van der Waals surface area (Å²) in [5, 5.41) is 0.662. The Kier molecular flexibility index (Phi) is 4.18. The molecule has 0 aromatic heterocycles. The molecule has 0 bridgehead atoms. The van der Waals surface area contributed by atoms with Crippen LogP contribution in [0, 0.1) is 5.92 Å². The number of benzene rings is 1. The Morgan fingerprint density at radius 3 is 2.79 bits per heavy atom. The number of thioether (sulfide) groups is 1. The maximum absolute atomic E-state index is 5.85. The Bertz CT molecular complexity index is 438. The molecule has 104 valence electrons. The normalized spacial score (nSPS) is 26.2. The molecular formula is C15H21NO2S. The monoisotopic (exact) mass is 279 g/mol. The van der Waals surface area contributed by atoms with Crippen molar-refractivity contribution >= 4 is 11.8 Å². The zero-order valence-corrected chi connectivity index (χ0v) is 12.0. The third kappa shape index (κ3) is 3.00. The topological polar surface area (TPSA) is 44.5 Å². The second-order valence-electron chi connectivity index (χ2n) is 5.24. The Morgan fingerprint density at radius 1 is 1.11 bits per heavy atom. The second-order valence-corrected chi connectivity index (χ2v) is 6.55. The number of hydrogen-bond acceptors (Lipinski definition) is 4. The van der Waals surface area contributed by atoms with E-state index in [1.807, 2.05) is 17.8 Å². The molecule has 0 amide bonds. The molecule has 1 fully saturated rings. The first-order valence-electron chi connectivity index (χ1n) is 7.13. The van der Waals surface area contributed by atoms with Crippen LogP contribution in [-0.4, -0.2) is 25.0 Å². The number of rotatable bonds is 3. The molecule has 2 unspecified atom stereocenters. The van der Waals surface area contributed by atoms with E-state index < -0.39 is 0 Å². The van der Waals surface area contributed by atoms with Crippen LogP contribution in [0.2, 0.25) is 0 Å². The van der Waals surface area contributed by atoms with Crippen LogP contribution in [-0.2, 0) is 0 Å². The van der Waals surface area contributed by atoms with Gasteiger partial charge in [0.2, 0.25) is 0 Å². The van der Waals surface area contributed by atoms with Crippen molar-refractivity contribution in [2.24, 2.45) is 11.7 Å². The van der Waals surface area contributed by atoms with Crippen LogP contribution < -0.4 is 15.2 Å². The fourth-order valence-corrected chi connectivity index (χ4v) is 4.21. The predicted octanol–water partition coefficient (Wildman–Crippen LogP) is 3.07. The molecule has 19 heavy (non-hydrogen) atoms. The van der Waals surface area contributed by atoms with E-state index in [9.17, 15) is 0 Å². The van der Waals surface area contributed by atoms with Gasteiger partial charge in [0.05, 0.1) is 13.2 Å². The van der Waals surface area contributed by atoms with E-state index in [0.29, 0.717) is 11.2 Å². The van der Waals surface area contributed by atoms with Gasteiger partial charge in [-0.15, -0.1) is 11.8 Å². The van der Waals surface area contributed by atoms with Gasteiger partial charge in [0.25, 0.3) is 0 Å². The first kappa shape index (κ1) is 13.1. The van der Waals surface area contributed by atoms with Crippen LogP contribution in [0.3, 0.4) is 0 Å². The van der Waals surface area contributed by atoms with Gasteiger partial charge >= 0.3 is 0 Å². The summed E-state index contributed by atoms with van der Waals surface area (Å²) < 4.78 is 11.4. The highest BCUT2D eigenvalue weighted by molar-refractivity contribution is 8.00. The number of ether oxygens (including phenoxy) is 2. The molecule has 2 aliphatic rings. The van der Waals surface area contributed by atoms with Crippen molar-refractivity contribution in [2.75, 3.05) is 19.8 Å². The summed E-state index contributed by atoms with van der Waals surface area (Å²) in [5.41, 5.74) is 5.85. The van der Waals surface area contributed by atoms with Crippen LogP contribution >= 0.6 is 11.8 Å². The Morgan fingerprint density at radius 2 is 1.95 bits per heavy atom.